The van der Waals surface area contributed by atoms with Gasteiger partial charge in [0.05, 0.1) is 12.6 Å². The van der Waals surface area contributed by atoms with Gasteiger partial charge in [-0.15, -0.1) is 0 Å². The second-order valence-corrected chi connectivity index (χ2v) is 6.49. The summed E-state index contributed by atoms with van der Waals surface area (Å²) in [5, 5.41) is 0. The van der Waals surface area contributed by atoms with Crippen molar-refractivity contribution >= 4 is 17.6 Å². The van der Waals surface area contributed by atoms with Crippen LogP contribution in [-0.4, -0.2) is 30.0 Å². The molecule has 0 saturated heterocycles. The predicted octanol–water partition coefficient (Wildman–Crippen LogP) is 4.01. The van der Waals surface area contributed by atoms with E-state index < -0.39 is 12.1 Å². The summed E-state index contributed by atoms with van der Waals surface area (Å²) in [7, 11) is 1.63. The Labute approximate surface area is 167 Å². The second kappa shape index (κ2) is 9.14. The van der Waals surface area contributed by atoms with Gasteiger partial charge >= 0.3 is 5.97 Å². The van der Waals surface area contributed by atoms with Gasteiger partial charge in [-0.1, -0.05) is 18.2 Å². The SMILES string of the molecule is CC(OC(=O)CCc1ncc(-c2ccc(F)cc2)o1)C(=O)N(C)c1ccccc1. The van der Waals surface area contributed by atoms with E-state index in [1.54, 1.807) is 31.3 Å². The molecular weight excluding hydrogens is 375 g/mol. The number of aromatic nitrogens is 1. The number of hydrogen-bond acceptors (Lipinski definition) is 5. The van der Waals surface area contributed by atoms with E-state index in [4.69, 9.17) is 9.15 Å². The highest BCUT2D eigenvalue weighted by atomic mass is 19.1. The van der Waals surface area contributed by atoms with Crippen LogP contribution >= 0.6 is 0 Å². The molecular formula is C22H21FN2O4. The molecule has 1 atom stereocenters. The van der Waals surface area contributed by atoms with Crippen molar-refractivity contribution in [2.45, 2.75) is 25.9 Å². The summed E-state index contributed by atoms with van der Waals surface area (Å²) in [5.41, 5.74) is 1.41. The summed E-state index contributed by atoms with van der Waals surface area (Å²) in [6, 6.07) is 14.9. The van der Waals surface area contributed by atoms with Gasteiger partial charge in [0.1, 0.15) is 5.82 Å². The summed E-state index contributed by atoms with van der Waals surface area (Å²) in [6.45, 7) is 1.54. The third kappa shape index (κ3) is 5.28. The normalized spacial score (nSPS) is 11.7. The number of ether oxygens (including phenoxy) is 1. The number of nitrogens with zero attached hydrogens (tertiary/aromatic N) is 2. The van der Waals surface area contributed by atoms with Crippen molar-refractivity contribution in [1.29, 1.82) is 0 Å². The van der Waals surface area contributed by atoms with Gasteiger partial charge < -0.3 is 14.1 Å². The van der Waals surface area contributed by atoms with Gasteiger partial charge in [-0.25, -0.2) is 9.37 Å². The third-order valence-corrected chi connectivity index (χ3v) is 4.36. The van der Waals surface area contributed by atoms with Crippen LogP contribution in [0.25, 0.3) is 11.3 Å². The lowest BCUT2D eigenvalue weighted by Gasteiger charge is -2.21. The van der Waals surface area contributed by atoms with E-state index in [1.807, 2.05) is 18.2 Å². The van der Waals surface area contributed by atoms with Crippen molar-refractivity contribution in [3.63, 3.8) is 0 Å². The fraction of sp³-hybridized carbons (Fsp3) is 0.227. The molecule has 0 aliphatic rings. The van der Waals surface area contributed by atoms with Crippen LogP contribution in [0.5, 0.6) is 0 Å². The lowest BCUT2D eigenvalue weighted by Crippen LogP contribution is -2.37. The van der Waals surface area contributed by atoms with Gasteiger partial charge in [-0.3, -0.25) is 9.59 Å². The summed E-state index contributed by atoms with van der Waals surface area (Å²) in [4.78, 5) is 30.1. The number of oxazole rings is 1. The van der Waals surface area contributed by atoms with Gasteiger partial charge in [-0.05, 0) is 43.3 Å². The van der Waals surface area contributed by atoms with Crippen LogP contribution in [0.4, 0.5) is 10.1 Å². The Morgan fingerprint density at radius 1 is 1.14 bits per heavy atom. The van der Waals surface area contributed by atoms with Gasteiger partial charge in [0.2, 0.25) is 0 Å². The number of carbonyl (C=O) groups is 2. The molecule has 0 aliphatic heterocycles. The van der Waals surface area contributed by atoms with E-state index in [-0.39, 0.29) is 24.6 Å². The molecule has 2 aromatic carbocycles. The van der Waals surface area contributed by atoms with Crippen LogP contribution in [0.2, 0.25) is 0 Å². The molecule has 0 radical (unpaired) electrons. The van der Waals surface area contributed by atoms with Crippen molar-refractivity contribution in [1.82, 2.24) is 4.98 Å². The first-order chi connectivity index (χ1) is 13.9. The molecule has 0 saturated carbocycles. The number of hydrogen-bond donors (Lipinski definition) is 0. The molecule has 7 heteroatoms. The zero-order valence-corrected chi connectivity index (χ0v) is 16.2. The third-order valence-electron chi connectivity index (χ3n) is 4.36. The number of halogens is 1. The standard InChI is InChI=1S/C22H21FN2O4/c1-15(22(27)25(2)18-6-4-3-5-7-18)28-21(26)13-12-20-24-14-19(29-20)16-8-10-17(23)11-9-16/h3-11,14-15H,12-13H2,1-2H3. The predicted molar refractivity (Wildman–Crippen MR) is 106 cm³/mol. The minimum Gasteiger partial charge on any atom is -0.453 e. The van der Waals surface area contributed by atoms with Gasteiger partial charge in [0, 0.05) is 24.7 Å². The van der Waals surface area contributed by atoms with Crippen LogP contribution in [0.1, 0.15) is 19.2 Å². The van der Waals surface area contributed by atoms with E-state index in [9.17, 15) is 14.0 Å². The zero-order chi connectivity index (χ0) is 20.8. The van der Waals surface area contributed by atoms with Crippen LogP contribution in [0.3, 0.4) is 0 Å². The molecule has 0 N–H and O–H groups in total. The van der Waals surface area contributed by atoms with Gasteiger partial charge in [0.15, 0.2) is 17.8 Å². The molecule has 1 aromatic heterocycles. The summed E-state index contributed by atoms with van der Waals surface area (Å²) < 4.78 is 23.8. The molecule has 3 aromatic rings. The van der Waals surface area contributed by atoms with Crippen LogP contribution in [0.15, 0.2) is 65.2 Å². The number of esters is 1. The molecule has 1 heterocycles. The van der Waals surface area contributed by atoms with E-state index in [2.05, 4.69) is 4.98 Å². The smallest absolute Gasteiger partial charge is 0.307 e. The number of benzene rings is 2. The monoisotopic (exact) mass is 396 g/mol. The highest BCUT2D eigenvalue weighted by molar-refractivity contribution is 5.96. The molecule has 0 fully saturated rings. The molecule has 6 nitrogen and oxygen atoms in total. The first kappa shape index (κ1) is 20.3. The highest BCUT2D eigenvalue weighted by Crippen LogP contribution is 2.21. The topological polar surface area (TPSA) is 72.6 Å². The van der Waals surface area contributed by atoms with E-state index in [0.717, 1.165) is 0 Å². The minimum atomic E-state index is -0.910. The number of carbonyl (C=O) groups excluding carboxylic acids is 2. The summed E-state index contributed by atoms with van der Waals surface area (Å²) in [5.74, 6) is -0.325. The highest BCUT2D eigenvalue weighted by Gasteiger charge is 2.22. The summed E-state index contributed by atoms with van der Waals surface area (Å²) in [6.07, 6.45) is 0.868. The molecule has 0 bridgehead atoms. The minimum absolute atomic E-state index is 0.0239. The molecule has 3 rings (SSSR count). The Hall–Kier alpha value is -3.48. The number of rotatable bonds is 7. The summed E-state index contributed by atoms with van der Waals surface area (Å²) >= 11 is 0. The van der Waals surface area contributed by atoms with Crippen LogP contribution < -0.4 is 4.90 Å². The van der Waals surface area contributed by atoms with Gasteiger partial charge in [0.25, 0.3) is 5.91 Å². The maximum absolute atomic E-state index is 13.0. The second-order valence-electron chi connectivity index (χ2n) is 6.49. The first-order valence-corrected chi connectivity index (χ1v) is 9.17. The van der Waals surface area contributed by atoms with E-state index in [0.29, 0.717) is 22.9 Å². The maximum Gasteiger partial charge on any atom is 0.307 e. The molecule has 1 amide bonds. The molecule has 29 heavy (non-hydrogen) atoms. The average molecular weight is 396 g/mol. The van der Waals surface area contributed by atoms with Crippen molar-refractivity contribution in [3.8, 4) is 11.3 Å². The number of aryl methyl sites for hydroxylation is 1. The number of para-hydroxylation sites is 1. The number of amides is 1. The van der Waals surface area contributed by atoms with E-state index in [1.165, 1.54) is 30.2 Å². The number of anilines is 1. The van der Waals surface area contributed by atoms with Crippen molar-refractivity contribution in [2.75, 3.05) is 11.9 Å². The molecule has 0 spiro atoms. The Balaban J connectivity index is 1.51. The fourth-order valence-corrected chi connectivity index (χ4v) is 2.74. The van der Waals surface area contributed by atoms with Crippen LogP contribution in [0, 0.1) is 5.82 Å². The molecule has 150 valence electrons. The zero-order valence-electron chi connectivity index (χ0n) is 16.2. The quantitative estimate of drug-likeness (QED) is 0.564. The Morgan fingerprint density at radius 2 is 1.83 bits per heavy atom. The Kier molecular flexibility index (Phi) is 6.39. The fourth-order valence-electron chi connectivity index (χ4n) is 2.74. The maximum atomic E-state index is 13.0. The first-order valence-electron chi connectivity index (χ1n) is 9.17. The molecule has 0 aliphatic carbocycles. The van der Waals surface area contributed by atoms with E-state index >= 15 is 0 Å². The van der Waals surface area contributed by atoms with Gasteiger partial charge in [-0.2, -0.15) is 0 Å². The largest absolute Gasteiger partial charge is 0.453 e. The van der Waals surface area contributed by atoms with Crippen molar-refractivity contribution in [3.05, 3.63) is 72.5 Å². The molecule has 1 unspecified atom stereocenters. The number of likely N-dealkylation sites (N-methyl/N-ethyl adjacent to an activating group) is 1. The Bertz CT molecular complexity index is 970. The van der Waals surface area contributed by atoms with Crippen molar-refractivity contribution < 1.29 is 23.1 Å². The lowest BCUT2D eigenvalue weighted by atomic mass is 10.2. The van der Waals surface area contributed by atoms with Crippen LogP contribution in [-0.2, 0) is 20.7 Å². The Morgan fingerprint density at radius 3 is 2.52 bits per heavy atom. The average Bonchev–Trinajstić information content (AvgIpc) is 3.21. The van der Waals surface area contributed by atoms with Crippen molar-refractivity contribution in [2.24, 2.45) is 0 Å². The lowest BCUT2D eigenvalue weighted by molar-refractivity contribution is -0.153.